The summed E-state index contributed by atoms with van der Waals surface area (Å²) < 4.78 is 10.4. The summed E-state index contributed by atoms with van der Waals surface area (Å²) in [5, 5.41) is 3.35. The molecular formula is C12H21N3O2. The van der Waals surface area contributed by atoms with Gasteiger partial charge in [0, 0.05) is 6.54 Å². The van der Waals surface area contributed by atoms with Crippen molar-refractivity contribution < 1.29 is 9.47 Å². The van der Waals surface area contributed by atoms with Crippen LogP contribution in [0.3, 0.4) is 0 Å². The average Bonchev–Trinajstić information content (AvgIpc) is 2.38. The molecule has 5 nitrogen and oxygen atoms in total. The van der Waals surface area contributed by atoms with Gasteiger partial charge >= 0.3 is 0 Å². The highest BCUT2D eigenvalue weighted by atomic mass is 16.5. The van der Waals surface area contributed by atoms with Gasteiger partial charge in [-0.05, 0) is 13.0 Å². The molecule has 0 atom stereocenters. The maximum absolute atomic E-state index is 5.19. The van der Waals surface area contributed by atoms with Crippen molar-refractivity contribution in [2.45, 2.75) is 32.7 Å². The van der Waals surface area contributed by atoms with Gasteiger partial charge in [0.1, 0.15) is 6.33 Å². The van der Waals surface area contributed by atoms with Crippen LogP contribution < -0.4 is 14.8 Å². The van der Waals surface area contributed by atoms with E-state index in [1.165, 1.54) is 25.6 Å². The second kappa shape index (κ2) is 7.84. The van der Waals surface area contributed by atoms with Gasteiger partial charge in [-0.2, -0.15) is 0 Å². The van der Waals surface area contributed by atoms with Gasteiger partial charge in [0.25, 0.3) is 0 Å². The molecule has 0 aromatic carbocycles. The van der Waals surface area contributed by atoms with Crippen molar-refractivity contribution in [1.82, 2.24) is 15.3 Å². The minimum Gasteiger partial charge on any atom is -0.481 e. The summed E-state index contributed by atoms with van der Waals surface area (Å²) >= 11 is 0. The number of hydrogen-bond donors (Lipinski definition) is 1. The van der Waals surface area contributed by atoms with Crippen molar-refractivity contribution in [3.8, 4) is 11.8 Å². The maximum Gasteiger partial charge on any atom is 0.224 e. The molecule has 0 amide bonds. The molecule has 5 heteroatoms. The van der Waals surface area contributed by atoms with Gasteiger partial charge in [0.15, 0.2) is 0 Å². The zero-order valence-corrected chi connectivity index (χ0v) is 10.8. The number of hydrogen-bond acceptors (Lipinski definition) is 5. The largest absolute Gasteiger partial charge is 0.481 e. The lowest BCUT2D eigenvalue weighted by molar-refractivity contribution is 0.359. The third kappa shape index (κ3) is 4.19. The smallest absolute Gasteiger partial charge is 0.224 e. The first-order chi connectivity index (χ1) is 8.33. The van der Waals surface area contributed by atoms with Crippen LogP contribution in [0.2, 0.25) is 0 Å². The molecule has 1 heterocycles. The molecule has 0 aliphatic carbocycles. The fraction of sp³-hybridized carbons (Fsp3) is 0.667. The van der Waals surface area contributed by atoms with Crippen molar-refractivity contribution >= 4 is 0 Å². The van der Waals surface area contributed by atoms with Crippen molar-refractivity contribution in [2.75, 3.05) is 20.8 Å². The van der Waals surface area contributed by atoms with Crippen LogP contribution in [0.15, 0.2) is 6.33 Å². The Labute approximate surface area is 103 Å². The SMILES string of the molecule is CCCCCNCc1c(OC)ncnc1OC. The van der Waals surface area contributed by atoms with Crippen molar-refractivity contribution in [2.24, 2.45) is 0 Å². The summed E-state index contributed by atoms with van der Waals surface area (Å²) in [6.45, 7) is 3.84. The summed E-state index contributed by atoms with van der Waals surface area (Å²) in [5.41, 5.74) is 0.869. The Morgan fingerprint density at radius 3 is 2.29 bits per heavy atom. The summed E-state index contributed by atoms with van der Waals surface area (Å²) in [7, 11) is 3.20. The second-order valence-corrected chi connectivity index (χ2v) is 3.75. The first kappa shape index (κ1) is 13.7. The van der Waals surface area contributed by atoms with Gasteiger partial charge < -0.3 is 14.8 Å². The van der Waals surface area contributed by atoms with Crippen molar-refractivity contribution in [3.05, 3.63) is 11.9 Å². The summed E-state index contributed by atoms with van der Waals surface area (Å²) in [6.07, 6.45) is 5.09. The molecule has 1 aromatic rings. The van der Waals surface area contributed by atoms with Gasteiger partial charge in [-0.15, -0.1) is 0 Å². The third-order valence-corrected chi connectivity index (χ3v) is 2.51. The zero-order chi connectivity index (χ0) is 12.5. The normalized spacial score (nSPS) is 10.3. The highest BCUT2D eigenvalue weighted by Gasteiger charge is 2.11. The van der Waals surface area contributed by atoms with E-state index < -0.39 is 0 Å². The Bertz CT molecular complexity index is 309. The van der Waals surface area contributed by atoms with Gasteiger partial charge in [-0.25, -0.2) is 9.97 Å². The average molecular weight is 239 g/mol. The minimum atomic E-state index is 0.569. The predicted octanol–water partition coefficient (Wildman–Crippen LogP) is 1.77. The number of nitrogens with one attached hydrogen (secondary N) is 1. The first-order valence-electron chi connectivity index (χ1n) is 5.96. The monoisotopic (exact) mass is 239 g/mol. The van der Waals surface area contributed by atoms with Gasteiger partial charge in [0.05, 0.1) is 19.8 Å². The van der Waals surface area contributed by atoms with E-state index in [1.54, 1.807) is 14.2 Å². The Balaban J connectivity index is 2.55. The van der Waals surface area contributed by atoms with E-state index >= 15 is 0 Å². The molecule has 0 bridgehead atoms. The number of nitrogens with zero attached hydrogens (tertiary/aromatic N) is 2. The third-order valence-electron chi connectivity index (χ3n) is 2.51. The summed E-state index contributed by atoms with van der Waals surface area (Å²) in [5.74, 6) is 1.14. The van der Waals surface area contributed by atoms with E-state index in [1.807, 2.05) is 0 Å². The molecule has 17 heavy (non-hydrogen) atoms. The highest BCUT2D eigenvalue weighted by molar-refractivity contribution is 5.34. The molecule has 0 aliphatic rings. The molecular weight excluding hydrogens is 218 g/mol. The number of methoxy groups -OCH3 is 2. The molecule has 0 aliphatic heterocycles. The highest BCUT2D eigenvalue weighted by Crippen LogP contribution is 2.22. The second-order valence-electron chi connectivity index (χ2n) is 3.75. The Morgan fingerprint density at radius 2 is 1.76 bits per heavy atom. The molecule has 0 fully saturated rings. The maximum atomic E-state index is 5.19. The van der Waals surface area contributed by atoms with Crippen molar-refractivity contribution in [1.29, 1.82) is 0 Å². The number of unbranched alkanes of at least 4 members (excludes halogenated alkanes) is 2. The molecule has 0 radical (unpaired) electrons. The standard InChI is InChI=1S/C12H21N3O2/c1-4-5-6-7-13-8-10-11(16-2)14-9-15-12(10)17-3/h9,13H,4-8H2,1-3H3. The Morgan fingerprint density at radius 1 is 1.12 bits per heavy atom. The van der Waals surface area contributed by atoms with Crippen LogP contribution in [0.4, 0.5) is 0 Å². The van der Waals surface area contributed by atoms with Crippen LogP contribution in [-0.4, -0.2) is 30.7 Å². The van der Waals surface area contributed by atoms with E-state index in [9.17, 15) is 0 Å². The molecule has 0 saturated carbocycles. The molecule has 1 N–H and O–H groups in total. The van der Waals surface area contributed by atoms with Crippen LogP contribution in [0.5, 0.6) is 11.8 Å². The van der Waals surface area contributed by atoms with Crippen LogP contribution in [0, 0.1) is 0 Å². The van der Waals surface area contributed by atoms with Gasteiger partial charge in [0.2, 0.25) is 11.8 Å². The molecule has 96 valence electrons. The Hall–Kier alpha value is -1.36. The quantitative estimate of drug-likeness (QED) is 0.701. The van der Waals surface area contributed by atoms with Crippen LogP contribution in [-0.2, 0) is 6.54 Å². The molecule has 0 spiro atoms. The van der Waals surface area contributed by atoms with Crippen LogP contribution >= 0.6 is 0 Å². The number of ether oxygens (including phenoxy) is 2. The van der Waals surface area contributed by atoms with E-state index in [2.05, 4.69) is 22.2 Å². The van der Waals surface area contributed by atoms with Gasteiger partial charge in [-0.1, -0.05) is 19.8 Å². The van der Waals surface area contributed by atoms with E-state index in [0.717, 1.165) is 12.1 Å². The zero-order valence-electron chi connectivity index (χ0n) is 10.8. The lowest BCUT2D eigenvalue weighted by atomic mass is 10.2. The predicted molar refractivity (Wildman–Crippen MR) is 66.4 cm³/mol. The molecule has 0 unspecified atom stereocenters. The first-order valence-corrected chi connectivity index (χ1v) is 5.96. The van der Waals surface area contributed by atoms with Crippen molar-refractivity contribution in [3.63, 3.8) is 0 Å². The number of rotatable bonds is 8. The fourth-order valence-electron chi connectivity index (χ4n) is 1.60. The van der Waals surface area contributed by atoms with Crippen LogP contribution in [0.1, 0.15) is 31.7 Å². The van der Waals surface area contributed by atoms with E-state index in [-0.39, 0.29) is 0 Å². The number of aromatic nitrogens is 2. The van der Waals surface area contributed by atoms with Crippen LogP contribution in [0.25, 0.3) is 0 Å². The fourth-order valence-corrected chi connectivity index (χ4v) is 1.60. The molecule has 1 aromatic heterocycles. The van der Waals surface area contributed by atoms with E-state index in [0.29, 0.717) is 18.3 Å². The van der Waals surface area contributed by atoms with E-state index in [4.69, 9.17) is 9.47 Å². The molecule has 0 saturated heterocycles. The lowest BCUT2D eigenvalue weighted by Crippen LogP contribution is -2.16. The van der Waals surface area contributed by atoms with Gasteiger partial charge in [-0.3, -0.25) is 0 Å². The summed E-state index contributed by atoms with van der Waals surface area (Å²) in [6, 6.07) is 0. The summed E-state index contributed by atoms with van der Waals surface area (Å²) in [4.78, 5) is 8.14. The topological polar surface area (TPSA) is 56.3 Å². The Kier molecular flexibility index (Phi) is 6.32. The minimum absolute atomic E-state index is 0.569. The lowest BCUT2D eigenvalue weighted by Gasteiger charge is -2.11. The molecule has 1 rings (SSSR count).